The molecule has 0 spiro atoms. The van der Waals surface area contributed by atoms with E-state index < -0.39 is 17.2 Å². The first kappa shape index (κ1) is 26.2. The van der Waals surface area contributed by atoms with E-state index in [4.69, 9.17) is 4.98 Å². The maximum atomic E-state index is 14.4. The van der Waals surface area contributed by atoms with E-state index in [1.165, 1.54) is 12.1 Å². The second-order valence-corrected chi connectivity index (χ2v) is 10.6. The third kappa shape index (κ3) is 5.38. The van der Waals surface area contributed by atoms with Gasteiger partial charge in [-0.25, -0.2) is 18.7 Å². The van der Waals surface area contributed by atoms with Crippen LogP contribution in [-0.4, -0.2) is 45.2 Å². The van der Waals surface area contributed by atoms with Gasteiger partial charge in [-0.05, 0) is 62.0 Å². The third-order valence-electron chi connectivity index (χ3n) is 6.63. The van der Waals surface area contributed by atoms with E-state index >= 15 is 0 Å². The van der Waals surface area contributed by atoms with Gasteiger partial charge in [0.2, 0.25) is 0 Å². The van der Waals surface area contributed by atoms with Crippen LogP contribution in [0.4, 0.5) is 8.78 Å². The summed E-state index contributed by atoms with van der Waals surface area (Å²) in [6.07, 6.45) is 6.02. The fourth-order valence-corrected chi connectivity index (χ4v) is 5.24. The fraction of sp³-hybridized carbons (Fsp3) is 0.200. The van der Waals surface area contributed by atoms with Crippen molar-refractivity contribution in [2.24, 2.45) is 0 Å². The molecule has 3 aromatic carbocycles. The van der Waals surface area contributed by atoms with Gasteiger partial charge in [-0.15, -0.1) is 0 Å². The number of aromatic nitrogens is 3. The van der Waals surface area contributed by atoms with Gasteiger partial charge >= 0.3 is 0 Å². The van der Waals surface area contributed by atoms with E-state index in [2.05, 4.69) is 39.1 Å². The van der Waals surface area contributed by atoms with Gasteiger partial charge in [0.05, 0.1) is 5.52 Å². The van der Waals surface area contributed by atoms with Gasteiger partial charge < -0.3 is 10.0 Å². The number of hydrogen-bond acceptors (Lipinski definition) is 4. The molecule has 194 valence electrons. The Labute approximate surface area is 228 Å². The Hall–Kier alpha value is -3.46. The maximum Gasteiger partial charge on any atom is 0.142 e. The lowest BCUT2D eigenvalue weighted by Gasteiger charge is -2.32. The molecule has 0 aliphatic carbocycles. The van der Waals surface area contributed by atoms with Crippen molar-refractivity contribution in [3.05, 3.63) is 124 Å². The molecule has 0 saturated heterocycles. The Morgan fingerprint density at radius 3 is 2.39 bits per heavy atom. The Morgan fingerprint density at radius 2 is 1.74 bits per heavy atom. The molecule has 8 heteroatoms. The highest BCUT2D eigenvalue weighted by molar-refractivity contribution is 9.10. The summed E-state index contributed by atoms with van der Waals surface area (Å²) in [5.41, 5.74) is 1.52. The van der Waals surface area contributed by atoms with Crippen LogP contribution < -0.4 is 0 Å². The lowest BCUT2D eigenvalue weighted by Crippen LogP contribution is -2.32. The highest BCUT2D eigenvalue weighted by Crippen LogP contribution is 2.40. The monoisotopic (exact) mass is 576 g/mol. The van der Waals surface area contributed by atoms with E-state index in [1.807, 2.05) is 54.0 Å². The average Bonchev–Trinajstić information content (AvgIpc) is 3.41. The molecule has 1 atom stereocenters. The lowest BCUT2D eigenvalue weighted by molar-refractivity contribution is 0.0635. The van der Waals surface area contributed by atoms with Crippen LogP contribution in [-0.2, 0) is 12.0 Å². The zero-order valence-corrected chi connectivity index (χ0v) is 22.7. The van der Waals surface area contributed by atoms with Gasteiger partial charge in [-0.1, -0.05) is 46.3 Å². The molecule has 5 nitrogen and oxygen atoms in total. The Balaban J connectivity index is 1.77. The highest BCUT2D eigenvalue weighted by atomic mass is 79.9. The van der Waals surface area contributed by atoms with Crippen molar-refractivity contribution >= 4 is 26.8 Å². The number of halogens is 3. The number of fused-ring (bicyclic) bond motifs is 1. The molecular weight excluding hydrogens is 550 g/mol. The standard InChI is InChI=1S/C30H27BrF2N4O/c1-36(2)10-8-30(38,23-15-25(32)18-26(33)16-23)27-17-24(31)14-21-13-22(12-20-6-4-3-5-7-20)29(35-28(21)27)37-11-9-34-19-37/h3-7,9,11,13-19,38H,8,10,12H2,1-2H3. The van der Waals surface area contributed by atoms with Crippen molar-refractivity contribution in [3.8, 4) is 5.82 Å². The van der Waals surface area contributed by atoms with Crippen LogP contribution in [0.5, 0.6) is 0 Å². The van der Waals surface area contributed by atoms with Crippen LogP contribution in [0.1, 0.15) is 28.7 Å². The van der Waals surface area contributed by atoms with Crippen LogP contribution in [0.3, 0.4) is 0 Å². The van der Waals surface area contributed by atoms with Gasteiger partial charge in [0, 0.05) is 52.4 Å². The minimum Gasteiger partial charge on any atom is -0.380 e. The third-order valence-corrected chi connectivity index (χ3v) is 7.09. The fourth-order valence-electron chi connectivity index (χ4n) is 4.77. The summed E-state index contributed by atoms with van der Waals surface area (Å²) in [7, 11) is 3.77. The zero-order valence-electron chi connectivity index (χ0n) is 21.1. The summed E-state index contributed by atoms with van der Waals surface area (Å²) in [6, 6.07) is 19.1. The first-order chi connectivity index (χ1) is 18.2. The summed E-state index contributed by atoms with van der Waals surface area (Å²) < 4.78 is 31.3. The number of rotatable bonds is 8. The first-order valence-corrected chi connectivity index (χ1v) is 13.0. The van der Waals surface area contributed by atoms with Crippen molar-refractivity contribution in [2.45, 2.75) is 18.4 Å². The van der Waals surface area contributed by atoms with Crippen LogP contribution in [0.2, 0.25) is 0 Å². The Bertz CT molecular complexity index is 1550. The van der Waals surface area contributed by atoms with Crippen molar-refractivity contribution < 1.29 is 13.9 Å². The zero-order chi connectivity index (χ0) is 26.9. The van der Waals surface area contributed by atoms with Crippen molar-refractivity contribution in [1.29, 1.82) is 0 Å². The van der Waals surface area contributed by atoms with Crippen molar-refractivity contribution in [1.82, 2.24) is 19.4 Å². The van der Waals surface area contributed by atoms with Gasteiger partial charge in [-0.2, -0.15) is 0 Å². The Morgan fingerprint density at radius 1 is 1.00 bits per heavy atom. The predicted molar refractivity (Wildman–Crippen MR) is 148 cm³/mol. The molecule has 0 radical (unpaired) electrons. The molecule has 1 N–H and O–H groups in total. The summed E-state index contributed by atoms with van der Waals surface area (Å²) in [5.74, 6) is -0.831. The van der Waals surface area contributed by atoms with Crippen LogP contribution in [0, 0.1) is 11.6 Å². The van der Waals surface area contributed by atoms with E-state index in [-0.39, 0.29) is 12.0 Å². The van der Waals surface area contributed by atoms with E-state index in [9.17, 15) is 13.9 Å². The quantitative estimate of drug-likeness (QED) is 0.237. The number of aliphatic hydroxyl groups is 1. The van der Waals surface area contributed by atoms with E-state index in [0.717, 1.165) is 27.1 Å². The van der Waals surface area contributed by atoms with Gasteiger partial charge in [0.25, 0.3) is 0 Å². The molecule has 0 aliphatic heterocycles. The molecular formula is C30H27BrF2N4O. The molecule has 5 rings (SSSR count). The number of hydrogen-bond donors (Lipinski definition) is 1. The predicted octanol–water partition coefficient (Wildman–Crippen LogP) is 6.24. The highest BCUT2D eigenvalue weighted by Gasteiger charge is 2.35. The summed E-state index contributed by atoms with van der Waals surface area (Å²) >= 11 is 3.59. The number of imidazole rings is 1. The molecule has 0 amide bonds. The summed E-state index contributed by atoms with van der Waals surface area (Å²) in [6.45, 7) is 0.475. The smallest absolute Gasteiger partial charge is 0.142 e. The van der Waals surface area contributed by atoms with Crippen LogP contribution in [0.25, 0.3) is 16.7 Å². The lowest BCUT2D eigenvalue weighted by atomic mass is 9.82. The van der Waals surface area contributed by atoms with E-state index in [1.54, 1.807) is 18.6 Å². The number of benzene rings is 3. The molecule has 38 heavy (non-hydrogen) atoms. The van der Waals surface area contributed by atoms with E-state index in [0.29, 0.717) is 29.9 Å². The van der Waals surface area contributed by atoms with Gasteiger partial charge in [0.15, 0.2) is 0 Å². The maximum absolute atomic E-state index is 14.4. The van der Waals surface area contributed by atoms with Gasteiger partial charge in [0.1, 0.15) is 29.4 Å². The topological polar surface area (TPSA) is 54.2 Å². The summed E-state index contributed by atoms with van der Waals surface area (Å²) in [5, 5.41) is 13.1. The van der Waals surface area contributed by atoms with Crippen molar-refractivity contribution in [3.63, 3.8) is 0 Å². The van der Waals surface area contributed by atoms with Gasteiger partial charge in [-0.3, -0.25) is 4.57 Å². The first-order valence-electron chi connectivity index (χ1n) is 12.2. The average molecular weight is 577 g/mol. The van der Waals surface area contributed by atoms with Crippen LogP contribution in [0.15, 0.2) is 89.9 Å². The van der Waals surface area contributed by atoms with Crippen molar-refractivity contribution in [2.75, 3.05) is 20.6 Å². The molecule has 2 aromatic heterocycles. The minimum absolute atomic E-state index is 0.135. The molecule has 5 aromatic rings. The molecule has 0 fully saturated rings. The molecule has 0 aliphatic rings. The number of nitrogens with zero attached hydrogens (tertiary/aromatic N) is 4. The Kier molecular flexibility index (Phi) is 7.38. The van der Waals surface area contributed by atoms with Crippen LogP contribution >= 0.6 is 15.9 Å². The molecule has 2 heterocycles. The second-order valence-electron chi connectivity index (χ2n) is 9.70. The summed E-state index contributed by atoms with van der Waals surface area (Å²) in [4.78, 5) is 11.2. The SMILES string of the molecule is CN(C)CCC(O)(c1cc(F)cc(F)c1)c1cc(Br)cc2cc(Cc3ccccc3)c(-n3ccnc3)nc12. The second kappa shape index (κ2) is 10.7. The minimum atomic E-state index is -1.71. The largest absolute Gasteiger partial charge is 0.380 e. The normalized spacial score (nSPS) is 13.2. The molecule has 0 bridgehead atoms. The molecule has 0 saturated carbocycles. The number of pyridine rings is 1. The molecule has 1 unspecified atom stereocenters.